The van der Waals surface area contributed by atoms with E-state index >= 15 is 0 Å². The van der Waals surface area contributed by atoms with Crippen LogP contribution in [0.1, 0.15) is 0 Å². The normalized spacial score (nSPS) is 10.6. The molecule has 4 heteroatoms. The van der Waals surface area contributed by atoms with Gasteiger partial charge in [-0.1, -0.05) is 54.6 Å². The molecule has 0 atom stereocenters. The van der Waals surface area contributed by atoms with E-state index in [1.807, 2.05) is 84.9 Å². The van der Waals surface area contributed by atoms with Gasteiger partial charge in [-0.25, -0.2) is 9.97 Å². The highest BCUT2D eigenvalue weighted by atomic mass is 16.3. The second-order valence-corrected chi connectivity index (χ2v) is 7.33. The van der Waals surface area contributed by atoms with Crippen molar-refractivity contribution in [1.29, 1.82) is 0 Å². The molecule has 0 unspecified atom stereocenters. The molecular weight excluding hydrogens is 394 g/mol. The molecular formula is C28H21N3O. The van der Waals surface area contributed by atoms with E-state index in [1.165, 1.54) is 0 Å². The van der Waals surface area contributed by atoms with Crippen molar-refractivity contribution in [3.8, 4) is 28.3 Å². The molecule has 0 radical (unpaired) electrons. The molecule has 5 rings (SSSR count). The largest absolute Gasteiger partial charge is 0.507 e. The zero-order valence-corrected chi connectivity index (χ0v) is 17.3. The van der Waals surface area contributed by atoms with Gasteiger partial charge < -0.3 is 5.11 Å². The summed E-state index contributed by atoms with van der Waals surface area (Å²) < 4.78 is 0. The number of phenols is 1. The summed E-state index contributed by atoms with van der Waals surface area (Å²) in [7, 11) is 0. The number of hydrogen-bond acceptors (Lipinski definition) is 4. The van der Waals surface area contributed by atoms with E-state index < -0.39 is 0 Å². The van der Waals surface area contributed by atoms with Crippen molar-refractivity contribution >= 4 is 17.2 Å². The van der Waals surface area contributed by atoms with Gasteiger partial charge in [-0.05, 0) is 60.7 Å². The van der Waals surface area contributed by atoms with E-state index in [0.717, 1.165) is 34.1 Å². The van der Waals surface area contributed by atoms with Gasteiger partial charge in [0, 0.05) is 28.7 Å². The number of hydrogen-bond donors (Lipinski definition) is 1. The Hall–Kier alpha value is -4.44. The lowest BCUT2D eigenvalue weighted by Crippen LogP contribution is -2.11. The minimum Gasteiger partial charge on any atom is -0.507 e. The highest BCUT2D eigenvalue weighted by molar-refractivity contribution is 5.78. The Morgan fingerprint density at radius 2 is 1.31 bits per heavy atom. The molecule has 5 aromatic rings. The first-order valence-electron chi connectivity index (χ1n) is 10.4. The summed E-state index contributed by atoms with van der Waals surface area (Å²) in [5.74, 6) is 1.06. The van der Waals surface area contributed by atoms with Gasteiger partial charge in [0.1, 0.15) is 11.6 Å². The van der Waals surface area contributed by atoms with Crippen LogP contribution >= 0.6 is 0 Å². The van der Waals surface area contributed by atoms with E-state index in [9.17, 15) is 5.11 Å². The quantitative estimate of drug-likeness (QED) is 0.336. The average Bonchev–Trinajstić information content (AvgIpc) is 2.86. The van der Waals surface area contributed by atoms with Crippen LogP contribution in [-0.2, 0) is 0 Å². The van der Waals surface area contributed by atoms with Gasteiger partial charge in [-0.3, -0.25) is 4.90 Å². The molecule has 32 heavy (non-hydrogen) atoms. The number of aromatic hydroxyl groups is 1. The molecule has 154 valence electrons. The predicted octanol–water partition coefficient (Wildman–Crippen LogP) is 6.99. The Morgan fingerprint density at radius 1 is 0.594 bits per heavy atom. The number of rotatable bonds is 5. The van der Waals surface area contributed by atoms with Crippen LogP contribution in [0, 0.1) is 0 Å². The van der Waals surface area contributed by atoms with E-state index in [4.69, 9.17) is 4.98 Å². The first-order chi connectivity index (χ1) is 15.8. The van der Waals surface area contributed by atoms with Crippen LogP contribution in [0.4, 0.5) is 17.2 Å². The second kappa shape index (κ2) is 8.74. The number of aromatic nitrogens is 2. The summed E-state index contributed by atoms with van der Waals surface area (Å²) >= 11 is 0. The lowest BCUT2D eigenvalue weighted by atomic mass is 10.1. The monoisotopic (exact) mass is 415 g/mol. The maximum absolute atomic E-state index is 10.2. The highest BCUT2D eigenvalue weighted by Gasteiger charge is 2.14. The predicted molar refractivity (Wildman–Crippen MR) is 129 cm³/mol. The molecule has 0 bridgehead atoms. The zero-order chi connectivity index (χ0) is 21.8. The molecule has 3 aromatic carbocycles. The fraction of sp³-hybridized carbons (Fsp3) is 0. The molecule has 0 fully saturated rings. The summed E-state index contributed by atoms with van der Waals surface area (Å²) in [6.07, 6.45) is 1.80. The van der Waals surface area contributed by atoms with Crippen LogP contribution in [0.2, 0.25) is 0 Å². The third-order valence-electron chi connectivity index (χ3n) is 5.22. The minimum atomic E-state index is 0.219. The highest BCUT2D eigenvalue weighted by Crippen LogP contribution is 2.35. The number of phenolic OH excluding ortho intramolecular Hbond substituents is 1. The van der Waals surface area contributed by atoms with Gasteiger partial charge in [0.15, 0.2) is 0 Å². The molecule has 2 aromatic heterocycles. The van der Waals surface area contributed by atoms with E-state index in [2.05, 4.69) is 34.1 Å². The lowest BCUT2D eigenvalue weighted by molar-refractivity contribution is 0.477. The number of para-hydroxylation sites is 2. The minimum absolute atomic E-state index is 0.219. The Labute approximate surface area is 187 Å². The van der Waals surface area contributed by atoms with Crippen LogP contribution in [0.3, 0.4) is 0 Å². The summed E-state index contributed by atoms with van der Waals surface area (Å²) in [4.78, 5) is 11.5. The molecule has 0 aliphatic heterocycles. The number of pyridine rings is 2. The average molecular weight is 415 g/mol. The Bertz CT molecular complexity index is 1300. The van der Waals surface area contributed by atoms with Gasteiger partial charge in [0.2, 0.25) is 0 Å². The van der Waals surface area contributed by atoms with Crippen molar-refractivity contribution in [3.05, 3.63) is 121 Å². The second-order valence-electron chi connectivity index (χ2n) is 7.33. The molecule has 0 aliphatic carbocycles. The van der Waals surface area contributed by atoms with Crippen molar-refractivity contribution in [2.45, 2.75) is 0 Å². The number of benzene rings is 3. The molecule has 1 N–H and O–H groups in total. The van der Waals surface area contributed by atoms with Gasteiger partial charge in [0.25, 0.3) is 0 Å². The fourth-order valence-corrected chi connectivity index (χ4v) is 3.72. The van der Waals surface area contributed by atoms with Crippen molar-refractivity contribution < 1.29 is 5.11 Å². The maximum atomic E-state index is 10.2. The molecule has 0 aliphatic rings. The van der Waals surface area contributed by atoms with Gasteiger partial charge in [0.05, 0.1) is 11.4 Å². The smallest absolute Gasteiger partial charge is 0.137 e. The van der Waals surface area contributed by atoms with Crippen LogP contribution in [0.25, 0.3) is 22.5 Å². The SMILES string of the molecule is Oc1ccccc1-c1cccc(-c2cccc(N(c3ccccc3)c3ccccn3)c2)n1. The first kappa shape index (κ1) is 19.5. The topological polar surface area (TPSA) is 49.2 Å². The molecule has 0 amide bonds. The number of anilines is 3. The number of nitrogens with zero attached hydrogens (tertiary/aromatic N) is 3. The van der Waals surface area contributed by atoms with E-state index in [0.29, 0.717) is 5.56 Å². The van der Waals surface area contributed by atoms with Gasteiger partial charge >= 0.3 is 0 Å². The summed E-state index contributed by atoms with van der Waals surface area (Å²) in [6.45, 7) is 0. The summed E-state index contributed by atoms with van der Waals surface area (Å²) in [6, 6.07) is 37.4. The molecule has 0 spiro atoms. The first-order valence-corrected chi connectivity index (χ1v) is 10.4. The van der Waals surface area contributed by atoms with Crippen LogP contribution < -0.4 is 4.90 Å². The van der Waals surface area contributed by atoms with E-state index in [1.54, 1.807) is 12.3 Å². The Morgan fingerprint density at radius 3 is 2.12 bits per heavy atom. The van der Waals surface area contributed by atoms with Crippen LogP contribution in [-0.4, -0.2) is 15.1 Å². The van der Waals surface area contributed by atoms with Crippen LogP contribution in [0.5, 0.6) is 5.75 Å². The van der Waals surface area contributed by atoms with Gasteiger partial charge in [-0.2, -0.15) is 0 Å². The van der Waals surface area contributed by atoms with Crippen molar-refractivity contribution in [3.63, 3.8) is 0 Å². The molecule has 4 nitrogen and oxygen atoms in total. The third-order valence-corrected chi connectivity index (χ3v) is 5.22. The van der Waals surface area contributed by atoms with Crippen LogP contribution in [0.15, 0.2) is 121 Å². The van der Waals surface area contributed by atoms with Gasteiger partial charge in [-0.15, -0.1) is 0 Å². The Kier molecular flexibility index (Phi) is 5.33. The standard InChI is InChI=1S/C28H21N3O/c32-27-17-5-4-14-24(27)26-16-9-15-25(30-26)21-10-8-13-23(20-21)31(22-11-2-1-3-12-22)28-18-6-7-19-29-28/h1-20,32H. The fourth-order valence-electron chi connectivity index (χ4n) is 3.72. The van der Waals surface area contributed by atoms with Crippen molar-refractivity contribution in [2.75, 3.05) is 4.90 Å². The maximum Gasteiger partial charge on any atom is 0.137 e. The third kappa shape index (κ3) is 3.94. The summed E-state index contributed by atoms with van der Waals surface area (Å²) in [5, 5.41) is 10.2. The zero-order valence-electron chi connectivity index (χ0n) is 17.3. The van der Waals surface area contributed by atoms with Crippen molar-refractivity contribution in [1.82, 2.24) is 9.97 Å². The van der Waals surface area contributed by atoms with E-state index in [-0.39, 0.29) is 5.75 Å². The molecule has 0 saturated carbocycles. The lowest BCUT2D eigenvalue weighted by Gasteiger charge is -2.24. The van der Waals surface area contributed by atoms with Crippen molar-refractivity contribution in [2.24, 2.45) is 0 Å². The Balaban J connectivity index is 1.59. The molecule has 0 saturated heterocycles. The summed E-state index contributed by atoms with van der Waals surface area (Å²) in [5.41, 5.74) is 5.28. The molecule has 2 heterocycles.